The maximum atomic E-state index is 12.2. The summed E-state index contributed by atoms with van der Waals surface area (Å²) in [5.74, 6) is 0.687. The number of aryl methyl sites for hydroxylation is 1. The van der Waals surface area contributed by atoms with E-state index in [0.717, 1.165) is 23.4 Å². The van der Waals surface area contributed by atoms with Crippen LogP contribution in [0.2, 0.25) is 0 Å². The van der Waals surface area contributed by atoms with Gasteiger partial charge in [-0.1, -0.05) is 37.3 Å². The summed E-state index contributed by atoms with van der Waals surface area (Å²) in [5, 5.41) is 2.91. The van der Waals surface area contributed by atoms with E-state index in [2.05, 4.69) is 12.2 Å². The first-order valence-corrected chi connectivity index (χ1v) is 9.30. The lowest BCUT2D eigenvalue weighted by atomic mass is 10.1. The molecule has 0 saturated carbocycles. The first kappa shape index (κ1) is 20.5. The number of hydrogen-bond donors (Lipinski definition) is 1. The third-order valence-corrected chi connectivity index (χ3v) is 4.51. The van der Waals surface area contributed by atoms with Crippen LogP contribution in [0.15, 0.2) is 48.5 Å². The van der Waals surface area contributed by atoms with Gasteiger partial charge in [-0.2, -0.15) is 0 Å². The number of para-hydroxylation sites is 1. The number of amides is 2. The summed E-state index contributed by atoms with van der Waals surface area (Å²) < 4.78 is 5.32. The number of carbonyl (C=O) groups is 2. The molecule has 27 heavy (non-hydrogen) atoms. The van der Waals surface area contributed by atoms with Crippen molar-refractivity contribution in [3.05, 3.63) is 59.7 Å². The van der Waals surface area contributed by atoms with Crippen LogP contribution in [0, 0.1) is 0 Å². The number of anilines is 1. The van der Waals surface area contributed by atoms with Gasteiger partial charge in [-0.05, 0) is 42.2 Å². The highest BCUT2D eigenvalue weighted by molar-refractivity contribution is 5.92. The Labute approximate surface area is 161 Å². The maximum absolute atomic E-state index is 12.2. The molecule has 0 radical (unpaired) electrons. The highest BCUT2D eigenvalue weighted by Crippen LogP contribution is 2.18. The van der Waals surface area contributed by atoms with Crippen molar-refractivity contribution >= 4 is 17.5 Å². The second-order valence-corrected chi connectivity index (χ2v) is 6.35. The highest BCUT2D eigenvalue weighted by atomic mass is 16.5. The van der Waals surface area contributed by atoms with Crippen LogP contribution in [0.4, 0.5) is 5.69 Å². The molecule has 2 aromatic carbocycles. The van der Waals surface area contributed by atoms with Crippen LogP contribution >= 0.6 is 0 Å². The lowest BCUT2D eigenvalue weighted by molar-refractivity contribution is -0.121. The summed E-state index contributed by atoms with van der Waals surface area (Å²) in [5.41, 5.74) is 3.10. The normalized spacial score (nSPS) is 10.3. The quantitative estimate of drug-likeness (QED) is 0.738. The molecular formula is C22H28N2O3. The van der Waals surface area contributed by atoms with E-state index in [1.165, 1.54) is 12.5 Å². The first-order valence-electron chi connectivity index (χ1n) is 9.30. The van der Waals surface area contributed by atoms with E-state index in [4.69, 9.17) is 4.74 Å². The molecule has 0 aliphatic rings. The Bertz CT molecular complexity index is 756. The summed E-state index contributed by atoms with van der Waals surface area (Å²) in [6.45, 7) is 4.51. The maximum Gasteiger partial charge on any atom is 0.223 e. The fraction of sp³-hybridized carbons (Fsp3) is 0.364. The summed E-state index contributed by atoms with van der Waals surface area (Å²) in [6.07, 6.45) is 1.92. The molecule has 144 valence electrons. The van der Waals surface area contributed by atoms with Gasteiger partial charge in [-0.3, -0.25) is 9.59 Å². The molecule has 0 aliphatic heterocycles. The Kier molecular flexibility index (Phi) is 7.86. The van der Waals surface area contributed by atoms with E-state index >= 15 is 0 Å². The minimum absolute atomic E-state index is 0.0682. The molecular weight excluding hydrogens is 340 g/mol. The topological polar surface area (TPSA) is 58.6 Å². The number of carbonyl (C=O) groups excluding carboxylic acids is 2. The monoisotopic (exact) mass is 368 g/mol. The van der Waals surface area contributed by atoms with Crippen molar-refractivity contribution in [1.29, 1.82) is 0 Å². The SMILES string of the molecule is CCc1ccc(N(CCC(=O)NCCc2ccccc2OC)C(C)=O)cc1. The second kappa shape index (κ2) is 10.4. The van der Waals surface area contributed by atoms with Crippen molar-refractivity contribution in [1.82, 2.24) is 5.32 Å². The van der Waals surface area contributed by atoms with Crippen molar-refractivity contribution in [2.75, 3.05) is 25.1 Å². The van der Waals surface area contributed by atoms with E-state index in [1.54, 1.807) is 12.0 Å². The molecule has 0 heterocycles. The highest BCUT2D eigenvalue weighted by Gasteiger charge is 2.13. The molecule has 0 unspecified atom stereocenters. The van der Waals surface area contributed by atoms with Gasteiger partial charge in [0.25, 0.3) is 0 Å². The van der Waals surface area contributed by atoms with Crippen molar-refractivity contribution in [2.24, 2.45) is 0 Å². The summed E-state index contributed by atoms with van der Waals surface area (Å²) >= 11 is 0. The Morgan fingerprint density at radius 1 is 1.07 bits per heavy atom. The number of hydrogen-bond acceptors (Lipinski definition) is 3. The fourth-order valence-corrected chi connectivity index (χ4v) is 2.93. The summed E-state index contributed by atoms with van der Waals surface area (Å²) in [6, 6.07) is 15.7. The van der Waals surface area contributed by atoms with Gasteiger partial charge in [-0.15, -0.1) is 0 Å². The summed E-state index contributed by atoms with van der Waals surface area (Å²) in [4.78, 5) is 25.8. The number of methoxy groups -OCH3 is 1. The number of rotatable bonds is 9. The third-order valence-electron chi connectivity index (χ3n) is 4.51. The van der Waals surface area contributed by atoms with Crippen molar-refractivity contribution < 1.29 is 14.3 Å². The number of nitrogens with zero attached hydrogens (tertiary/aromatic N) is 1. The van der Waals surface area contributed by atoms with Gasteiger partial charge >= 0.3 is 0 Å². The van der Waals surface area contributed by atoms with Crippen LogP contribution in [0.1, 0.15) is 31.4 Å². The Morgan fingerprint density at radius 3 is 2.41 bits per heavy atom. The zero-order valence-electron chi connectivity index (χ0n) is 16.3. The minimum Gasteiger partial charge on any atom is -0.496 e. The largest absolute Gasteiger partial charge is 0.496 e. The molecule has 2 rings (SSSR count). The molecule has 0 saturated heterocycles. The zero-order valence-corrected chi connectivity index (χ0v) is 16.3. The second-order valence-electron chi connectivity index (χ2n) is 6.35. The molecule has 1 N–H and O–H groups in total. The lowest BCUT2D eigenvalue weighted by Gasteiger charge is -2.21. The first-order chi connectivity index (χ1) is 13.0. The number of ether oxygens (including phenoxy) is 1. The van der Waals surface area contributed by atoms with Gasteiger partial charge < -0.3 is 15.0 Å². The Hall–Kier alpha value is -2.82. The molecule has 0 atom stereocenters. The molecule has 0 spiro atoms. The zero-order chi connectivity index (χ0) is 19.6. The molecule has 2 aromatic rings. The van der Waals surface area contributed by atoms with E-state index in [0.29, 0.717) is 19.5 Å². The van der Waals surface area contributed by atoms with Gasteiger partial charge in [0.15, 0.2) is 0 Å². The Balaban J connectivity index is 1.84. The standard InChI is InChI=1S/C22H28N2O3/c1-4-18-9-11-20(12-10-18)24(17(2)25)16-14-22(26)23-15-13-19-7-5-6-8-21(19)27-3/h5-12H,4,13-16H2,1-3H3,(H,23,26). The van der Waals surface area contributed by atoms with Crippen molar-refractivity contribution in [2.45, 2.75) is 33.1 Å². The van der Waals surface area contributed by atoms with Crippen LogP contribution in [-0.2, 0) is 22.4 Å². The molecule has 0 aliphatic carbocycles. The van der Waals surface area contributed by atoms with E-state index in [-0.39, 0.29) is 18.2 Å². The van der Waals surface area contributed by atoms with E-state index < -0.39 is 0 Å². The third kappa shape index (κ3) is 6.13. The van der Waals surface area contributed by atoms with Crippen LogP contribution < -0.4 is 15.0 Å². The lowest BCUT2D eigenvalue weighted by Crippen LogP contribution is -2.34. The molecule has 0 bridgehead atoms. The molecule has 0 aromatic heterocycles. The predicted molar refractivity (Wildman–Crippen MR) is 108 cm³/mol. The van der Waals surface area contributed by atoms with Gasteiger partial charge in [0, 0.05) is 32.1 Å². The van der Waals surface area contributed by atoms with Crippen molar-refractivity contribution in [3.8, 4) is 5.75 Å². The number of nitrogens with one attached hydrogen (secondary N) is 1. The minimum atomic E-state index is -0.0685. The number of benzene rings is 2. The van der Waals surface area contributed by atoms with Crippen LogP contribution in [0.3, 0.4) is 0 Å². The van der Waals surface area contributed by atoms with Gasteiger partial charge in [0.05, 0.1) is 7.11 Å². The van der Waals surface area contributed by atoms with Crippen molar-refractivity contribution in [3.63, 3.8) is 0 Å². The van der Waals surface area contributed by atoms with Crippen LogP contribution in [0.25, 0.3) is 0 Å². The molecule has 0 fully saturated rings. The van der Waals surface area contributed by atoms with Crippen LogP contribution in [0.5, 0.6) is 5.75 Å². The summed E-state index contributed by atoms with van der Waals surface area (Å²) in [7, 11) is 1.64. The average molecular weight is 368 g/mol. The van der Waals surface area contributed by atoms with Gasteiger partial charge in [-0.25, -0.2) is 0 Å². The van der Waals surface area contributed by atoms with Crippen LogP contribution in [-0.4, -0.2) is 32.0 Å². The van der Waals surface area contributed by atoms with E-state index in [9.17, 15) is 9.59 Å². The smallest absolute Gasteiger partial charge is 0.223 e. The molecule has 5 nitrogen and oxygen atoms in total. The Morgan fingerprint density at radius 2 is 1.78 bits per heavy atom. The fourth-order valence-electron chi connectivity index (χ4n) is 2.93. The molecule has 2 amide bonds. The molecule has 5 heteroatoms. The van der Waals surface area contributed by atoms with E-state index in [1.807, 2.05) is 48.5 Å². The van der Waals surface area contributed by atoms with Gasteiger partial charge in [0.1, 0.15) is 5.75 Å². The van der Waals surface area contributed by atoms with Gasteiger partial charge in [0.2, 0.25) is 11.8 Å². The predicted octanol–water partition coefficient (Wildman–Crippen LogP) is 3.36. The average Bonchev–Trinajstić information content (AvgIpc) is 2.68.